The molecule has 4 unspecified atom stereocenters. The van der Waals surface area contributed by atoms with Crippen LogP contribution >= 0.6 is 11.8 Å². The van der Waals surface area contributed by atoms with E-state index in [0.717, 1.165) is 18.1 Å². The summed E-state index contributed by atoms with van der Waals surface area (Å²) in [7, 11) is 0. The maximum Gasteiger partial charge on any atom is 0.0740 e. The van der Waals surface area contributed by atoms with Gasteiger partial charge in [-0.15, -0.1) is 11.8 Å². The smallest absolute Gasteiger partial charge is 0.0740 e. The lowest BCUT2D eigenvalue weighted by atomic mass is 9.87. The molecule has 3 rings (SSSR count). The summed E-state index contributed by atoms with van der Waals surface area (Å²) in [5.74, 6) is 0.379. The van der Waals surface area contributed by atoms with Gasteiger partial charge in [0.15, 0.2) is 0 Å². The summed E-state index contributed by atoms with van der Waals surface area (Å²) >= 11 is 1.99. The van der Waals surface area contributed by atoms with E-state index in [2.05, 4.69) is 0 Å². The second kappa shape index (κ2) is 4.69. The number of rotatable bonds is 1. The van der Waals surface area contributed by atoms with Gasteiger partial charge < -0.3 is 5.11 Å². The van der Waals surface area contributed by atoms with Crippen LogP contribution in [0.5, 0.6) is 0 Å². The van der Waals surface area contributed by atoms with Crippen LogP contribution in [0.1, 0.15) is 51.4 Å². The minimum atomic E-state index is -0.111. The third-order valence-corrected chi connectivity index (χ3v) is 5.78. The molecule has 2 aliphatic carbocycles. The molecule has 0 saturated heterocycles. The fraction of sp³-hybridized carbons (Fsp3) is 0.923. The Morgan fingerprint density at radius 3 is 2.56 bits per heavy atom. The molecule has 4 atom stereocenters. The van der Waals surface area contributed by atoms with E-state index in [4.69, 9.17) is 4.99 Å². The molecule has 0 amide bonds. The van der Waals surface area contributed by atoms with Gasteiger partial charge in [0.25, 0.3) is 0 Å². The number of thioether (sulfide) groups is 1. The Morgan fingerprint density at radius 2 is 1.75 bits per heavy atom. The first-order valence-corrected chi connectivity index (χ1v) is 7.65. The predicted octanol–water partition coefficient (Wildman–Crippen LogP) is 2.99. The van der Waals surface area contributed by atoms with Crippen LogP contribution < -0.4 is 0 Å². The molecule has 0 aromatic rings. The molecule has 3 heteroatoms. The Hall–Kier alpha value is -0.0200. The molecule has 0 aromatic carbocycles. The molecule has 0 spiro atoms. The van der Waals surface area contributed by atoms with Crippen molar-refractivity contribution in [1.29, 1.82) is 0 Å². The summed E-state index contributed by atoms with van der Waals surface area (Å²) < 4.78 is 0. The van der Waals surface area contributed by atoms with E-state index >= 15 is 0 Å². The zero-order chi connectivity index (χ0) is 11.0. The zero-order valence-electron chi connectivity index (χ0n) is 9.77. The molecule has 0 bridgehead atoms. The van der Waals surface area contributed by atoms with Crippen LogP contribution in [0, 0.1) is 5.92 Å². The first-order valence-electron chi connectivity index (χ1n) is 6.77. The lowest BCUT2D eigenvalue weighted by molar-refractivity contribution is 0.102. The Balaban J connectivity index is 1.70. The first-order chi connectivity index (χ1) is 7.84. The maximum atomic E-state index is 10.1. The molecular weight excluding hydrogens is 218 g/mol. The van der Waals surface area contributed by atoms with Crippen molar-refractivity contribution in [3.8, 4) is 0 Å². The second-order valence-electron chi connectivity index (χ2n) is 5.43. The monoisotopic (exact) mass is 239 g/mol. The number of hydrogen-bond donors (Lipinski definition) is 1. The number of nitrogens with zero attached hydrogens (tertiary/aromatic N) is 1. The van der Waals surface area contributed by atoms with Crippen LogP contribution in [0.2, 0.25) is 0 Å². The van der Waals surface area contributed by atoms with Gasteiger partial charge in [-0.3, -0.25) is 4.99 Å². The number of fused-ring (bicyclic) bond motifs is 1. The number of aliphatic hydroxyl groups excluding tert-OH is 1. The van der Waals surface area contributed by atoms with Crippen LogP contribution in [0.4, 0.5) is 0 Å². The van der Waals surface area contributed by atoms with Gasteiger partial charge in [-0.1, -0.05) is 25.7 Å². The average Bonchev–Trinajstić information content (AvgIpc) is 2.73. The van der Waals surface area contributed by atoms with Gasteiger partial charge in [0.2, 0.25) is 0 Å². The normalized spacial score (nSPS) is 43.9. The van der Waals surface area contributed by atoms with Gasteiger partial charge in [-0.05, 0) is 25.7 Å². The molecule has 0 radical (unpaired) electrons. The molecule has 1 aliphatic heterocycles. The largest absolute Gasteiger partial charge is 0.392 e. The molecule has 2 nitrogen and oxygen atoms in total. The summed E-state index contributed by atoms with van der Waals surface area (Å²) in [6, 6.07) is 0.586. The quantitative estimate of drug-likeness (QED) is 0.763. The van der Waals surface area contributed by atoms with Crippen molar-refractivity contribution in [1.82, 2.24) is 0 Å². The van der Waals surface area contributed by atoms with E-state index in [-0.39, 0.29) is 6.10 Å². The molecule has 1 N–H and O–H groups in total. The first kappa shape index (κ1) is 11.1. The minimum Gasteiger partial charge on any atom is -0.392 e. The summed E-state index contributed by atoms with van der Waals surface area (Å²) in [5.41, 5.74) is 0. The maximum absolute atomic E-state index is 10.1. The fourth-order valence-electron chi connectivity index (χ4n) is 3.29. The topological polar surface area (TPSA) is 32.6 Å². The van der Waals surface area contributed by atoms with Crippen molar-refractivity contribution < 1.29 is 5.11 Å². The average molecular weight is 239 g/mol. The van der Waals surface area contributed by atoms with Gasteiger partial charge in [0.05, 0.1) is 17.2 Å². The van der Waals surface area contributed by atoms with E-state index in [9.17, 15) is 5.11 Å². The van der Waals surface area contributed by atoms with Crippen molar-refractivity contribution in [2.24, 2.45) is 10.9 Å². The summed E-state index contributed by atoms with van der Waals surface area (Å²) in [6.07, 6.45) is 9.86. The highest BCUT2D eigenvalue weighted by atomic mass is 32.2. The molecule has 1 heterocycles. The molecule has 16 heavy (non-hydrogen) atoms. The molecular formula is C13H21NOS. The Morgan fingerprint density at radius 1 is 1.00 bits per heavy atom. The summed E-state index contributed by atoms with van der Waals surface area (Å²) in [5, 5.41) is 12.1. The van der Waals surface area contributed by atoms with Gasteiger partial charge in [0, 0.05) is 11.2 Å². The number of aliphatic imine (C=N–C) groups is 1. The van der Waals surface area contributed by atoms with Crippen LogP contribution in [-0.4, -0.2) is 27.5 Å². The van der Waals surface area contributed by atoms with Gasteiger partial charge in [-0.2, -0.15) is 0 Å². The van der Waals surface area contributed by atoms with Gasteiger partial charge >= 0.3 is 0 Å². The number of aliphatic hydroxyl groups is 1. The SMILES string of the molecule is OC1CCCCC1C1=NC2CCCCC2S1. The predicted molar refractivity (Wildman–Crippen MR) is 69.0 cm³/mol. The van der Waals surface area contributed by atoms with Gasteiger partial charge in [0.1, 0.15) is 0 Å². The highest BCUT2D eigenvalue weighted by molar-refractivity contribution is 8.14. The zero-order valence-corrected chi connectivity index (χ0v) is 10.6. The van der Waals surface area contributed by atoms with Crippen molar-refractivity contribution >= 4 is 16.8 Å². The highest BCUT2D eigenvalue weighted by Crippen LogP contribution is 2.41. The van der Waals surface area contributed by atoms with Crippen LogP contribution in [-0.2, 0) is 0 Å². The second-order valence-corrected chi connectivity index (χ2v) is 6.69. The Bertz CT molecular complexity index is 292. The molecule has 2 fully saturated rings. The van der Waals surface area contributed by atoms with Crippen LogP contribution in [0.15, 0.2) is 4.99 Å². The molecule has 3 aliphatic rings. The van der Waals surface area contributed by atoms with Crippen molar-refractivity contribution in [3.63, 3.8) is 0 Å². The van der Waals surface area contributed by atoms with E-state index in [0.29, 0.717) is 12.0 Å². The van der Waals surface area contributed by atoms with Crippen molar-refractivity contribution in [2.45, 2.75) is 68.8 Å². The van der Waals surface area contributed by atoms with Gasteiger partial charge in [-0.25, -0.2) is 0 Å². The van der Waals surface area contributed by atoms with E-state index in [1.807, 2.05) is 11.8 Å². The standard InChI is InChI=1S/C13H21NOS/c15-11-7-3-1-5-9(11)13-14-10-6-2-4-8-12(10)16-13/h9-12,15H,1-8H2. The van der Waals surface area contributed by atoms with E-state index in [1.165, 1.54) is 43.6 Å². The highest BCUT2D eigenvalue weighted by Gasteiger charge is 2.37. The molecule has 0 aromatic heterocycles. The third kappa shape index (κ3) is 2.04. The van der Waals surface area contributed by atoms with Crippen molar-refractivity contribution in [2.75, 3.05) is 0 Å². The molecule has 90 valence electrons. The molecule has 2 saturated carbocycles. The Labute approximate surface area is 102 Å². The third-order valence-electron chi connectivity index (χ3n) is 4.28. The minimum absolute atomic E-state index is 0.111. The van der Waals surface area contributed by atoms with Crippen molar-refractivity contribution in [3.05, 3.63) is 0 Å². The lowest BCUT2D eigenvalue weighted by Crippen LogP contribution is -2.29. The van der Waals surface area contributed by atoms with E-state index in [1.54, 1.807) is 0 Å². The lowest BCUT2D eigenvalue weighted by Gasteiger charge is -2.27. The number of hydrogen-bond acceptors (Lipinski definition) is 3. The van der Waals surface area contributed by atoms with Crippen LogP contribution in [0.3, 0.4) is 0 Å². The van der Waals surface area contributed by atoms with Crippen LogP contribution in [0.25, 0.3) is 0 Å². The van der Waals surface area contributed by atoms with E-state index < -0.39 is 0 Å². The summed E-state index contributed by atoms with van der Waals surface area (Å²) in [4.78, 5) is 4.90. The fourth-order valence-corrected chi connectivity index (χ4v) is 4.89. The Kier molecular flexibility index (Phi) is 3.25. The summed E-state index contributed by atoms with van der Waals surface area (Å²) in [6.45, 7) is 0.